The van der Waals surface area contributed by atoms with E-state index in [1.165, 1.54) is 33.3 Å². The van der Waals surface area contributed by atoms with Gasteiger partial charge in [0, 0.05) is 36.8 Å². The van der Waals surface area contributed by atoms with E-state index in [-0.39, 0.29) is 62.9 Å². The second-order valence-electron chi connectivity index (χ2n) is 9.75. The highest BCUT2D eigenvalue weighted by molar-refractivity contribution is 5.94. The van der Waals surface area contributed by atoms with Gasteiger partial charge in [0.2, 0.25) is 0 Å². The van der Waals surface area contributed by atoms with Gasteiger partial charge in [-0.2, -0.15) is 5.10 Å². The Kier molecular flexibility index (Phi) is 9.21. The first-order valence-corrected chi connectivity index (χ1v) is 13.0. The van der Waals surface area contributed by atoms with Crippen LogP contribution in [0.4, 0.5) is 19.3 Å². The molecule has 16 heteroatoms. The summed E-state index contributed by atoms with van der Waals surface area (Å²) in [5, 5.41) is 28.9. The zero-order valence-electron chi connectivity index (χ0n) is 22.9. The molecule has 0 bridgehead atoms. The first kappa shape index (κ1) is 30.6. The summed E-state index contributed by atoms with van der Waals surface area (Å²) >= 11 is 0. The molecule has 0 radical (unpaired) electrons. The highest BCUT2D eigenvalue weighted by Gasteiger charge is 2.47. The minimum Gasteiger partial charge on any atom is -0.444 e. The Balaban J connectivity index is 0.00000405. The topological polar surface area (TPSA) is 133 Å². The fourth-order valence-corrected chi connectivity index (χ4v) is 4.89. The molecule has 0 spiro atoms. The lowest BCUT2D eigenvalue weighted by molar-refractivity contribution is -0.146. The maximum Gasteiger partial charge on any atom is 0.324 e. The summed E-state index contributed by atoms with van der Waals surface area (Å²) < 4.78 is 35.6. The molecule has 42 heavy (non-hydrogen) atoms. The van der Waals surface area contributed by atoms with Gasteiger partial charge in [-0.05, 0) is 47.7 Å². The highest BCUT2D eigenvalue weighted by atomic mass is 35.5. The number of rotatable bonds is 10. The number of carbonyl (C=O) groups excluding carboxylic acids is 2. The number of esters is 1. The standard InChI is InChI=1S/C26H29F2N9O4.ClH/c1-3-24(38)41-17-33-15-30-34(16-33)13-26(40,22-9-4-19(27)12-23(22)28)18(2)35-10-11-36(25(35)39)20-5-7-21(8-6-20)37-14-29-31-32-37;/h4-9,12,14-15,18,40H,3,10-11,13,16-17H2,1-2H3;1H/t18-,26-;/m1./s1. The van der Waals surface area contributed by atoms with Crippen molar-refractivity contribution in [1.29, 1.82) is 0 Å². The average molecular weight is 606 g/mol. The molecular formula is C26H30ClF2N9O4. The molecule has 1 N–H and O–H groups in total. The van der Waals surface area contributed by atoms with Crippen molar-refractivity contribution in [1.82, 2.24) is 35.0 Å². The van der Waals surface area contributed by atoms with Crippen LogP contribution < -0.4 is 4.90 Å². The second-order valence-corrected chi connectivity index (χ2v) is 9.75. The number of hydrogen-bond acceptors (Lipinski definition) is 10. The molecule has 2 atom stereocenters. The summed E-state index contributed by atoms with van der Waals surface area (Å²) in [4.78, 5) is 29.7. The SMILES string of the molecule is CCC(=O)OCN1C=NN(C[C@](O)(c2ccc(F)cc2F)[C@@H](C)N2CCN(c3ccc(-n4cnnn4)cc3)C2=O)C1.Cl. The molecule has 224 valence electrons. The van der Waals surface area contributed by atoms with E-state index in [0.717, 1.165) is 6.07 Å². The minimum absolute atomic E-state index is 0. The number of β-amino-alcohol motifs (C(OH)–C–C–N with tert-alkyl or cyclic N) is 1. The normalized spacial score (nSPS) is 16.9. The van der Waals surface area contributed by atoms with Crippen LogP contribution >= 0.6 is 12.4 Å². The molecule has 5 rings (SSSR count). The van der Waals surface area contributed by atoms with Crippen molar-refractivity contribution in [2.24, 2.45) is 5.10 Å². The molecule has 2 amide bonds. The van der Waals surface area contributed by atoms with Crippen LogP contribution in [-0.2, 0) is 15.1 Å². The third kappa shape index (κ3) is 6.11. The van der Waals surface area contributed by atoms with Crippen molar-refractivity contribution in [3.63, 3.8) is 0 Å². The van der Waals surface area contributed by atoms with Crippen LogP contribution in [0.1, 0.15) is 25.8 Å². The first-order valence-electron chi connectivity index (χ1n) is 13.0. The minimum atomic E-state index is -1.99. The van der Waals surface area contributed by atoms with Crippen molar-refractivity contribution >= 4 is 36.4 Å². The van der Waals surface area contributed by atoms with Gasteiger partial charge in [-0.3, -0.25) is 14.7 Å². The van der Waals surface area contributed by atoms with Crippen LogP contribution in [0, 0.1) is 11.6 Å². The first-order chi connectivity index (χ1) is 19.7. The number of carbonyl (C=O) groups is 2. The monoisotopic (exact) mass is 605 g/mol. The molecule has 13 nitrogen and oxygen atoms in total. The van der Waals surface area contributed by atoms with Gasteiger partial charge >= 0.3 is 12.0 Å². The van der Waals surface area contributed by atoms with Crippen LogP contribution in [-0.4, -0.2) is 97.5 Å². The van der Waals surface area contributed by atoms with E-state index in [0.29, 0.717) is 24.0 Å². The number of amides is 2. The van der Waals surface area contributed by atoms with Gasteiger partial charge in [-0.1, -0.05) is 13.0 Å². The second kappa shape index (κ2) is 12.7. The zero-order chi connectivity index (χ0) is 29.1. The van der Waals surface area contributed by atoms with Crippen molar-refractivity contribution < 1.29 is 28.2 Å². The number of hydrazone groups is 1. The van der Waals surface area contributed by atoms with E-state index in [1.807, 2.05) is 0 Å². The zero-order valence-corrected chi connectivity index (χ0v) is 23.7. The number of ether oxygens (including phenoxy) is 1. The highest BCUT2D eigenvalue weighted by Crippen LogP contribution is 2.35. The number of tetrazole rings is 1. The molecule has 0 saturated carbocycles. The smallest absolute Gasteiger partial charge is 0.324 e. The number of urea groups is 1. The number of halogens is 3. The average Bonchev–Trinajstić information content (AvgIpc) is 3.73. The Labute approximate surface area is 246 Å². The fourth-order valence-electron chi connectivity index (χ4n) is 4.89. The number of aliphatic hydroxyl groups is 1. The Morgan fingerprint density at radius 3 is 2.55 bits per heavy atom. The number of benzene rings is 2. The Hall–Kier alpha value is -4.37. The lowest BCUT2D eigenvalue weighted by atomic mass is 9.85. The van der Waals surface area contributed by atoms with Gasteiger partial charge in [0.1, 0.15) is 36.6 Å². The molecule has 0 aliphatic carbocycles. The van der Waals surface area contributed by atoms with Crippen LogP contribution in [0.25, 0.3) is 5.69 Å². The number of nitrogens with zero attached hydrogens (tertiary/aromatic N) is 9. The van der Waals surface area contributed by atoms with E-state index in [4.69, 9.17) is 4.74 Å². The Morgan fingerprint density at radius 2 is 1.88 bits per heavy atom. The molecular weight excluding hydrogens is 576 g/mol. The molecule has 3 heterocycles. The summed E-state index contributed by atoms with van der Waals surface area (Å²) in [5.41, 5.74) is -0.823. The van der Waals surface area contributed by atoms with E-state index < -0.39 is 23.3 Å². The van der Waals surface area contributed by atoms with Gasteiger partial charge in [-0.25, -0.2) is 18.3 Å². The molecule has 1 aromatic heterocycles. The Morgan fingerprint density at radius 1 is 1.14 bits per heavy atom. The fraction of sp³-hybridized carbons (Fsp3) is 0.385. The van der Waals surface area contributed by atoms with Crippen molar-refractivity contribution in [3.05, 3.63) is 66.0 Å². The van der Waals surface area contributed by atoms with Gasteiger partial charge in [0.25, 0.3) is 0 Å². The van der Waals surface area contributed by atoms with Gasteiger partial charge < -0.3 is 19.6 Å². The molecule has 2 aromatic carbocycles. The summed E-state index contributed by atoms with van der Waals surface area (Å²) in [7, 11) is 0. The third-order valence-corrected chi connectivity index (χ3v) is 7.20. The largest absolute Gasteiger partial charge is 0.444 e. The van der Waals surface area contributed by atoms with Gasteiger partial charge in [0.05, 0.1) is 18.3 Å². The molecule has 2 aliphatic heterocycles. The summed E-state index contributed by atoms with van der Waals surface area (Å²) in [6, 6.07) is 8.66. The number of anilines is 1. The van der Waals surface area contributed by atoms with Crippen LogP contribution in [0.5, 0.6) is 0 Å². The van der Waals surface area contributed by atoms with Crippen molar-refractivity contribution in [2.75, 3.05) is 37.9 Å². The van der Waals surface area contributed by atoms with E-state index in [9.17, 15) is 19.1 Å². The van der Waals surface area contributed by atoms with Crippen LogP contribution in [0.3, 0.4) is 0 Å². The van der Waals surface area contributed by atoms with Crippen molar-refractivity contribution in [3.8, 4) is 5.69 Å². The molecule has 1 saturated heterocycles. The van der Waals surface area contributed by atoms with Gasteiger partial charge in [-0.15, -0.1) is 17.5 Å². The number of aromatic nitrogens is 4. The van der Waals surface area contributed by atoms with Crippen LogP contribution in [0.15, 0.2) is 53.9 Å². The molecule has 3 aromatic rings. The Bertz CT molecular complexity index is 1430. The summed E-state index contributed by atoms with van der Waals surface area (Å²) in [5.74, 6) is -2.12. The maximum atomic E-state index is 15.1. The van der Waals surface area contributed by atoms with E-state index >= 15 is 4.39 Å². The van der Waals surface area contributed by atoms with Gasteiger partial charge in [0.15, 0.2) is 6.73 Å². The summed E-state index contributed by atoms with van der Waals surface area (Å²) in [6.07, 6.45) is 3.12. The van der Waals surface area contributed by atoms with Crippen LogP contribution in [0.2, 0.25) is 0 Å². The quantitative estimate of drug-likeness (QED) is 0.346. The summed E-state index contributed by atoms with van der Waals surface area (Å²) in [6.45, 7) is 3.75. The molecule has 0 unspecified atom stereocenters. The van der Waals surface area contributed by atoms with E-state index in [1.54, 1.807) is 47.9 Å². The van der Waals surface area contributed by atoms with E-state index in [2.05, 4.69) is 20.6 Å². The molecule has 2 aliphatic rings. The molecule has 1 fully saturated rings. The van der Waals surface area contributed by atoms with Crippen molar-refractivity contribution in [2.45, 2.75) is 31.9 Å². The predicted octanol–water partition coefficient (Wildman–Crippen LogP) is 2.31. The lowest BCUT2D eigenvalue weighted by Crippen LogP contribution is -2.55. The lowest BCUT2D eigenvalue weighted by Gasteiger charge is -2.41. The maximum absolute atomic E-state index is 15.1. The third-order valence-electron chi connectivity index (χ3n) is 7.20. The predicted molar refractivity (Wildman–Crippen MR) is 149 cm³/mol. The number of hydrogen-bond donors (Lipinski definition) is 1.